The molecule has 0 fully saturated rings. The zero-order valence-electron chi connectivity index (χ0n) is 4.70. The van der Waals surface area contributed by atoms with Crippen molar-refractivity contribution >= 4 is 0 Å². The van der Waals surface area contributed by atoms with E-state index >= 15 is 0 Å². The molecule has 0 aromatic rings. The van der Waals surface area contributed by atoms with Gasteiger partial charge >= 0.3 is 0 Å². The van der Waals surface area contributed by atoms with Crippen LogP contribution in [0.5, 0.6) is 0 Å². The first-order chi connectivity index (χ1) is 3.18. The molecule has 0 rings (SSSR count). The zero-order valence-corrected chi connectivity index (χ0v) is 6.27. The molecule has 0 bridgehead atoms. The van der Waals surface area contributed by atoms with Gasteiger partial charge in [0, 0.05) is 21.7 Å². The summed E-state index contributed by atoms with van der Waals surface area (Å²) in [6.07, 6.45) is -1.81. The Morgan fingerprint density at radius 1 is 1.38 bits per heavy atom. The Kier molecular flexibility index (Phi) is 8.16. The van der Waals surface area contributed by atoms with E-state index in [2.05, 4.69) is 0 Å². The molecule has 0 aromatic carbocycles. The summed E-state index contributed by atoms with van der Waals surface area (Å²) < 4.78 is 0. The first kappa shape index (κ1) is 11.4. The number of aliphatic hydroxyl groups is 3. The third-order valence-electron chi connectivity index (χ3n) is 0.744. The van der Waals surface area contributed by atoms with Crippen LogP contribution in [0.2, 0.25) is 0 Å². The Morgan fingerprint density at radius 3 is 1.75 bits per heavy atom. The van der Waals surface area contributed by atoms with Gasteiger partial charge in [0.1, 0.15) is 6.10 Å². The van der Waals surface area contributed by atoms with Gasteiger partial charge in [-0.2, -0.15) is 0 Å². The molecule has 0 amide bonds. The summed E-state index contributed by atoms with van der Waals surface area (Å²) in [5.41, 5.74) is 0. The van der Waals surface area contributed by atoms with Gasteiger partial charge in [0.05, 0.1) is 12.7 Å². The van der Waals surface area contributed by atoms with Gasteiger partial charge < -0.3 is 15.3 Å². The maximum absolute atomic E-state index is 8.44. The first-order valence-corrected chi connectivity index (χ1v) is 2.15. The molecule has 0 aliphatic heterocycles. The van der Waals surface area contributed by atoms with Crippen molar-refractivity contribution in [2.45, 2.75) is 19.1 Å². The maximum atomic E-state index is 8.44. The monoisotopic (exact) mass is 154 g/mol. The molecule has 8 heavy (non-hydrogen) atoms. The molecule has 0 saturated carbocycles. The Balaban J connectivity index is 0. The van der Waals surface area contributed by atoms with Crippen molar-refractivity contribution in [2.75, 3.05) is 6.61 Å². The van der Waals surface area contributed by atoms with Crippen molar-refractivity contribution in [1.29, 1.82) is 0 Å². The molecule has 3 N–H and O–H groups in total. The summed E-state index contributed by atoms with van der Waals surface area (Å²) in [5, 5.41) is 24.9. The van der Waals surface area contributed by atoms with E-state index in [4.69, 9.17) is 15.3 Å². The molecule has 0 saturated heterocycles. The Bertz CT molecular complexity index is 48.5. The minimum atomic E-state index is -0.986. The zero-order chi connectivity index (χ0) is 5.86. The number of rotatable bonds is 2. The topological polar surface area (TPSA) is 60.7 Å². The molecule has 48 valence electrons. The second kappa shape index (κ2) is 5.73. The fraction of sp³-hybridized carbons (Fsp3) is 1.00. The fourth-order valence-corrected chi connectivity index (χ4v) is 0.153. The van der Waals surface area contributed by atoms with Crippen molar-refractivity contribution in [2.24, 2.45) is 0 Å². The van der Waals surface area contributed by atoms with Crippen LogP contribution in [0.3, 0.4) is 0 Å². The number of aliphatic hydroxyl groups excluding tert-OH is 3. The van der Waals surface area contributed by atoms with Gasteiger partial charge in [-0.05, 0) is 6.92 Å². The summed E-state index contributed by atoms with van der Waals surface area (Å²) in [5.74, 6) is 0. The van der Waals surface area contributed by atoms with E-state index in [0.717, 1.165) is 0 Å². The molecule has 0 aromatic heterocycles. The SMILES string of the molecule is CC(O)C(O)CO.[Ti]. The molecule has 2 unspecified atom stereocenters. The molecule has 0 aliphatic rings. The summed E-state index contributed by atoms with van der Waals surface area (Å²) in [6.45, 7) is 1.04. The smallest absolute Gasteiger partial charge is 0.103 e. The molecule has 0 radical (unpaired) electrons. The van der Waals surface area contributed by atoms with Crippen LogP contribution in [0.1, 0.15) is 6.92 Å². The summed E-state index contributed by atoms with van der Waals surface area (Å²) in [6, 6.07) is 0. The predicted molar refractivity (Wildman–Crippen MR) is 24.8 cm³/mol. The van der Waals surface area contributed by atoms with E-state index in [-0.39, 0.29) is 28.3 Å². The average molecular weight is 154 g/mol. The molecule has 3 nitrogen and oxygen atoms in total. The molecular formula is C4H10O3Ti. The van der Waals surface area contributed by atoms with E-state index in [0.29, 0.717) is 0 Å². The second-order valence-corrected chi connectivity index (χ2v) is 1.49. The average Bonchev–Trinajstić information content (AvgIpc) is 1.65. The van der Waals surface area contributed by atoms with Crippen molar-refractivity contribution in [1.82, 2.24) is 0 Å². The fourth-order valence-electron chi connectivity index (χ4n) is 0.153. The Morgan fingerprint density at radius 2 is 1.75 bits per heavy atom. The standard InChI is InChI=1S/C4H10O3.Ti/c1-3(6)4(7)2-5;/h3-7H,2H2,1H3;. The summed E-state index contributed by atoms with van der Waals surface area (Å²) in [4.78, 5) is 0. The van der Waals surface area contributed by atoms with Crippen LogP contribution >= 0.6 is 0 Å². The normalized spacial score (nSPS) is 16.5. The third-order valence-corrected chi connectivity index (χ3v) is 0.744. The van der Waals surface area contributed by atoms with E-state index in [9.17, 15) is 0 Å². The van der Waals surface area contributed by atoms with Crippen LogP contribution in [0.4, 0.5) is 0 Å². The third kappa shape index (κ3) is 4.75. The number of hydrogen-bond acceptors (Lipinski definition) is 3. The van der Waals surface area contributed by atoms with Crippen molar-refractivity contribution in [3.8, 4) is 0 Å². The van der Waals surface area contributed by atoms with Crippen LogP contribution in [-0.2, 0) is 21.7 Å². The van der Waals surface area contributed by atoms with Crippen LogP contribution in [0.25, 0.3) is 0 Å². The van der Waals surface area contributed by atoms with E-state index < -0.39 is 12.2 Å². The molecule has 0 spiro atoms. The van der Waals surface area contributed by atoms with E-state index in [1.165, 1.54) is 6.92 Å². The maximum Gasteiger partial charge on any atom is 0.103 e. The van der Waals surface area contributed by atoms with Crippen molar-refractivity contribution in [3.63, 3.8) is 0 Å². The minimum Gasteiger partial charge on any atom is -0.394 e. The minimum absolute atomic E-state index is 0. The first-order valence-electron chi connectivity index (χ1n) is 2.15. The molecule has 2 atom stereocenters. The van der Waals surface area contributed by atoms with Gasteiger partial charge in [-0.25, -0.2) is 0 Å². The second-order valence-electron chi connectivity index (χ2n) is 1.49. The van der Waals surface area contributed by atoms with Crippen LogP contribution in [-0.4, -0.2) is 34.1 Å². The Hall–Kier alpha value is 0.594. The van der Waals surface area contributed by atoms with Gasteiger partial charge in [0.25, 0.3) is 0 Å². The quantitative estimate of drug-likeness (QED) is 0.434. The number of hydrogen-bond donors (Lipinski definition) is 3. The molecule has 0 heterocycles. The van der Waals surface area contributed by atoms with Gasteiger partial charge in [-0.3, -0.25) is 0 Å². The summed E-state index contributed by atoms with van der Waals surface area (Å²) >= 11 is 0. The van der Waals surface area contributed by atoms with Gasteiger partial charge in [-0.1, -0.05) is 0 Å². The molecule has 4 heteroatoms. The molecule has 0 aliphatic carbocycles. The van der Waals surface area contributed by atoms with Crippen molar-refractivity contribution in [3.05, 3.63) is 0 Å². The van der Waals surface area contributed by atoms with Crippen LogP contribution < -0.4 is 0 Å². The van der Waals surface area contributed by atoms with E-state index in [1.807, 2.05) is 0 Å². The van der Waals surface area contributed by atoms with E-state index in [1.54, 1.807) is 0 Å². The predicted octanol–water partition coefficient (Wildman–Crippen LogP) is -1.28. The molecular weight excluding hydrogens is 144 g/mol. The van der Waals surface area contributed by atoms with Gasteiger partial charge in [0.2, 0.25) is 0 Å². The van der Waals surface area contributed by atoms with Crippen molar-refractivity contribution < 1.29 is 37.0 Å². The van der Waals surface area contributed by atoms with Crippen LogP contribution in [0.15, 0.2) is 0 Å². The largest absolute Gasteiger partial charge is 0.394 e. The summed E-state index contributed by atoms with van der Waals surface area (Å²) in [7, 11) is 0. The Labute approximate surface area is 63.2 Å². The van der Waals surface area contributed by atoms with Gasteiger partial charge in [0.15, 0.2) is 0 Å². The van der Waals surface area contributed by atoms with Crippen LogP contribution in [0, 0.1) is 0 Å². The van der Waals surface area contributed by atoms with Gasteiger partial charge in [-0.15, -0.1) is 0 Å².